The Morgan fingerprint density at radius 2 is 2.08 bits per heavy atom. The highest BCUT2D eigenvalue weighted by molar-refractivity contribution is 5.70. The van der Waals surface area contributed by atoms with Gasteiger partial charge >= 0.3 is 5.97 Å². The van der Waals surface area contributed by atoms with Crippen molar-refractivity contribution in [3.05, 3.63) is 0 Å². The van der Waals surface area contributed by atoms with Gasteiger partial charge in [-0.1, -0.05) is 20.8 Å². The molecule has 0 fully saturated rings. The summed E-state index contributed by atoms with van der Waals surface area (Å²) in [5.74, 6) is -1.35. The molecule has 0 bridgehead atoms. The standard InChI is InChI=1S/C9H17NO3/c1-9(2,3)4-7(8(12)13)5-10-6-11/h6-7H,4-5H2,1-3H3,(H,10,11)(H,12,13). The highest BCUT2D eigenvalue weighted by Crippen LogP contribution is 2.24. The minimum Gasteiger partial charge on any atom is -0.481 e. The lowest BCUT2D eigenvalue weighted by Crippen LogP contribution is -2.30. The number of amides is 1. The van der Waals surface area contributed by atoms with E-state index in [4.69, 9.17) is 5.11 Å². The van der Waals surface area contributed by atoms with Crippen molar-refractivity contribution < 1.29 is 14.7 Å². The zero-order chi connectivity index (χ0) is 10.5. The smallest absolute Gasteiger partial charge is 0.308 e. The SMILES string of the molecule is CC(C)(C)CC(CNC=O)C(=O)O. The maximum Gasteiger partial charge on any atom is 0.308 e. The van der Waals surface area contributed by atoms with Crippen LogP contribution < -0.4 is 5.32 Å². The molecule has 13 heavy (non-hydrogen) atoms. The maximum absolute atomic E-state index is 10.7. The molecule has 0 aromatic heterocycles. The number of hydrogen-bond donors (Lipinski definition) is 2. The van der Waals surface area contributed by atoms with Crippen LogP contribution in [0.2, 0.25) is 0 Å². The number of aliphatic carboxylic acids is 1. The summed E-state index contributed by atoms with van der Waals surface area (Å²) >= 11 is 0. The summed E-state index contributed by atoms with van der Waals surface area (Å²) in [4.78, 5) is 20.7. The Bertz CT molecular complexity index is 184. The number of nitrogens with one attached hydrogen (secondary N) is 1. The molecule has 0 aromatic carbocycles. The summed E-state index contributed by atoms with van der Waals surface area (Å²) in [5, 5.41) is 11.2. The van der Waals surface area contributed by atoms with E-state index in [1.54, 1.807) is 0 Å². The number of carboxylic acids is 1. The van der Waals surface area contributed by atoms with Crippen molar-refractivity contribution in [3.63, 3.8) is 0 Å². The normalized spacial score (nSPS) is 13.5. The van der Waals surface area contributed by atoms with Crippen LogP contribution in [-0.4, -0.2) is 24.0 Å². The molecule has 0 aromatic rings. The van der Waals surface area contributed by atoms with E-state index in [-0.39, 0.29) is 12.0 Å². The second-order valence-electron chi connectivity index (χ2n) is 4.33. The molecular weight excluding hydrogens is 170 g/mol. The van der Waals surface area contributed by atoms with Crippen LogP contribution in [0, 0.1) is 11.3 Å². The molecule has 1 atom stereocenters. The molecule has 2 N–H and O–H groups in total. The molecule has 76 valence electrons. The van der Waals surface area contributed by atoms with Crippen molar-refractivity contribution in [1.29, 1.82) is 0 Å². The highest BCUT2D eigenvalue weighted by atomic mass is 16.4. The first-order valence-electron chi connectivity index (χ1n) is 4.26. The Labute approximate surface area is 78.3 Å². The van der Waals surface area contributed by atoms with Crippen molar-refractivity contribution in [2.24, 2.45) is 11.3 Å². The Morgan fingerprint density at radius 1 is 1.54 bits per heavy atom. The van der Waals surface area contributed by atoms with Crippen LogP contribution in [-0.2, 0) is 9.59 Å². The van der Waals surface area contributed by atoms with Gasteiger partial charge in [-0.3, -0.25) is 9.59 Å². The number of carbonyl (C=O) groups is 2. The molecule has 0 saturated carbocycles. The van der Waals surface area contributed by atoms with E-state index < -0.39 is 11.9 Å². The fraction of sp³-hybridized carbons (Fsp3) is 0.778. The topological polar surface area (TPSA) is 66.4 Å². The Balaban J connectivity index is 4.10. The van der Waals surface area contributed by atoms with Crippen LogP contribution in [0.3, 0.4) is 0 Å². The molecule has 0 radical (unpaired) electrons. The molecule has 0 aliphatic carbocycles. The average molecular weight is 187 g/mol. The van der Waals surface area contributed by atoms with Crippen LogP contribution in [0.5, 0.6) is 0 Å². The van der Waals surface area contributed by atoms with Gasteiger partial charge in [0.1, 0.15) is 0 Å². The second-order valence-corrected chi connectivity index (χ2v) is 4.33. The molecular formula is C9H17NO3. The lowest BCUT2D eigenvalue weighted by molar-refractivity contribution is -0.142. The third kappa shape index (κ3) is 6.13. The summed E-state index contributed by atoms with van der Waals surface area (Å²) in [6.07, 6.45) is 1.09. The van der Waals surface area contributed by atoms with E-state index in [1.807, 2.05) is 20.8 Å². The van der Waals surface area contributed by atoms with Crippen LogP contribution >= 0.6 is 0 Å². The average Bonchev–Trinajstić information content (AvgIpc) is 1.95. The summed E-state index contributed by atoms with van der Waals surface area (Å²) in [6, 6.07) is 0. The van der Waals surface area contributed by atoms with Gasteiger partial charge in [-0.15, -0.1) is 0 Å². The van der Waals surface area contributed by atoms with Crippen molar-refractivity contribution in [3.8, 4) is 0 Å². The number of carbonyl (C=O) groups excluding carboxylic acids is 1. The van der Waals surface area contributed by atoms with Crippen molar-refractivity contribution in [1.82, 2.24) is 5.32 Å². The van der Waals surface area contributed by atoms with Gasteiger partial charge in [-0.05, 0) is 11.8 Å². The van der Waals surface area contributed by atoms with Gasteiger partial charge in [-0.2, -0.15) is 0 Å². The quantitative estimate of drug-likeness (QED) is 0.627. The van der Waals surface area contributed by atoms with E-state index in [9.17, 15) is 9.59 Å². The minimum absolute atomic E-state index is 0.0341. The fourth-order valence-corrected chi connectivity index (χ4v) is 1.18. The molecule has 4 nitrogen and oxygen atoms in total. The van der Waals surface area contributed by atoms with Crippen LogP contribution in [0.15, 0.2) is 0 Å². The van der Waals surface area contributed by atoms with Crippen LogP contribution in [0.25, 0.3) is 0 Å². The summed E-state index contributed by atoms with van der Waals surface area (Å²) in [6.45, 7) is 6.13. The Morgan fingerprint density at radius 3 is 2.38 bits per heavy atom. The van der Waals surface area contributed by atoms with Crippen LogP contribution in [0.1, 0.15) is 27.2 Å². The summed E-state index contributed by atoms with van der Waals surface area (Å²) in [7, 11) is 0. The zero-order valence-electron chi connectivity index (χ0n) is 8.33. The first-order valence-corrected chi connectivity index (χ1v) is 4.26. The first kappa shape index (κ1) is 11.9. The van der Waals surface area contributed by atoms with Gasteiger partial charge in [0.2, 0.25) is 6.41 Å². The summed E-state index contributed by atoms with van der Waals surface area (Å²) < 4.78 is 0. The lowest BCUT2D eigenvalue weighted by atomic mass is 9.84. The van der Waals surface area contributed by atoms with E-state index in [0.717, 1.165) is 0 Å². The molecule has 0 aliphatic heterocycles. The molecule has 0 aliphatic rings. The monoisotopic (exact) mass is 187 g/mol. The maximum atomic E-state index is 10.7. The largest absolute Gasteiger partial charge is 0.481 e. The Kier molecular flexibility index (Phi) is 4.45. The van der Waals surface area contributed by atoms with Crippen molar-refractivity contribution in [2.75, 3.05) is 6.54 Å². The van der Waals surface area contributed by atoms with E-state index in [2.05, 4.69) is 5.32 Å². The number of carboxylic acid groups (broad SMARTS) is 1. The molecule has 1 amide bonds. The fourth-order valence-electron chi connectivity index (χ4n) is 1.18. The van der Waals surface area contributed by atoms with Crippen molar-refractivity contribution in [2.45, 2.75) is 27.2 Å². The van der Waals surface area contributed by atoms with Gasteiger partial charge < -0.3 is 10.4 Å². The summed E-state index contributed by atoms with van der Waals surface area (Å²) in [5.41, 5.74) is -0.0341. The number of rotatable bonds is 5. The van der Waals surface area contributed by atoms with Gasteiger partial charge in [0.05, 0.1) is 5.92 Å². The predicted molar refractivity (Wildman–Crippen MR) is 49.3 cm³/mol. The van der Waals surface area contributed by atoms with E-state index in [0.29, 0.717) is 12.8 Å². The molecule has 1 unspecified atom stereocenters. The first-order chi connectivity index (χ1) is 5.87. The molecule has 0 heterocycles. The lowest BCUT2D eigenvalue weighted by Gasteiger charge is -2.22. The Hall–Kier alpha value is -1.06. The highest BCUT2D eigenvalue weighted by Gasteiger charge is 2.23. The van der Waals surface area contributed by atoms with E-state index >= 15 is 0 Å². The molecule has 0 saturated heterocycles. The van der Waals surface area contributed by atoms with Crippen LogP contribution in [0.4, 0.5) is 0 Å². The second kappa shape index (κ2) is 4.84. The molecule has 0 spiro atoms. The van der Waals surface area contributed by atoms with Gasteiger partial charge in [0.15, 0.2) is 0 Å². The predicted octanol–water partition coefficient (Wildman–Crippen LogP) is 0.869. The third-order valence-electron chi connectivity index (χ3n) is 1.66. The van der Waals surface area contributed by atoms with Gasteiger partial charge in [-0.25, -0.2) is 0 Å². The third-order valence-corrected chi connectivity index (χ3v) is 1.66. The van der Waals surface area contributed by atoms with E-state index in [1.165, 1.54) is 0 Å². The zero-order valence-corrected chi connectivity index (χ0v) is 8.33. The molecule has 0 rings (SSSR count). The van der Waals surface area contributed by atoms with Crippen molar-refractivity contribution >= 4 is 12.4 Å². The number of hydrogen-bond acceptors (Lipinski definition) is 2. The molecule has 4 heteroatoms. The van der Waals surface area contributed by atoms with Gasteiger partial charge in [0.25, 0.3) is 0 Å². The minimum atomic E-state index is -0.857. The van der Waals surface area contributed by atoms with Gasteiger partial charge in [0, 0.05) is 6.54 Å².